The standard InChI is InChI=1S/C19H22BrClN2O3S/c1-14-2-4-15(5-3-14)18(23-8-10-26-11-9-23)13-22-27(24,25)19-7-6-16(20)12-17(19)21/h2-7,12,18,22H,8-11,13H2,1H3. The van der Waals surface area contributed by atoms with E-state index in [1.54, 1.807) is 12.1 Å². The summed E-state index contributed by atoms with van der Waals surface area (Å²) in [6, 6.07) is 12.9. The third-order valence-electron chi connectivity index (χ3n) is 4.60. The first-order chi connectivity index (χ1) is 12.9. The molecule has 146 valence electrons. The average molecular weight is 474 g/mol. The second-order valence-electron chi connectivity index (χ2n) is 6.50. The lowest BCUT2D eigenvalue weighted by atomic mass is 10.0. The quantitative estimate of drug-likeness (QED) is 0.694. The molecule has 1 saturated heterocycles. The number of morpholine rings is 1. The lowest BCUT2D eigenvalue weighted by molar-refractivity contribution is 0.0172. The van der Waals surface area contributed by atoms with Gasteiger partial charge in [-0.2, -0.15) is 0 Å². The number of nitrogens with zero attached hydrogens (tertiary/aromatic N) is 1. The molecule has 2 aromatic carbocycles. The van der Waals surface area contributed by atoms with Gasteiger partial charge in [0, 0.05) is 30.1 Å². The number of ether oxygens (including phenoxy) is 1. The van der Waals surface area contributed by atoms with Crippen molar-refractivity contribution in [2.45, 2.75) is 17.9 Å². The molecule has 0 amide bonds. The van der Waals surface area contributed by atoms with Crippen LogP contribution in [0.5, 0.6) is 0 Å². The summed E-state index contributed by atoms with van der Waals surface area (Å²) < 4.78 is 34.5. The number of hydrogen-bond acceptors (Lipinski definition) is 4. The van der Waals surface area contributed by atoms with Crippen molar-refractivity contribution < 1.29 is 13.2 Å². The van der Waals surface area contributed by atoms with Gasteiger partial charge in [-0.05, 0) is 30.7 Å². The van der Waals surface area contributed by atoms with E-state index in [1.807, 2.05) is 19.1 Å². The summed E-state index contributed by atoms with van der Waals surface area (Å²) in [7, 11) is -3.72. The van der Waals surface area contributed by atoms with Crippen LogP contribution in [0.25, 0.3) is 0 Å². The van der Waals surface area contributed by atoms with Crippen molar-refractivity contribution in [1.82, 2.24) is 9.62 Å². The van der Waals surface area contributed by atoms with Crippen LogP contribution in [0, 0.1) is 6.92 Å². The maximum absolute atomic E-state index is 12.8. The van der Waals surface area contributed by atoms with Crippen molar-refractivity contribution in [3.05, 3.63) is 63.1 Å². The van der Waals surface area contributed by atoms with Gasteiger partial charge in [0.15, 0.2) is 0 Å². The van der Waals surface area contributed by atoms with Gasteiger partial charge in [-0.1, -0.05) is 57.4 Å². The zero-order chi connectivity index (χ0) is 19.4. The van der Waals surface area contributed by atoms with Gasteiger partial charge < -0.3 is 4.74 Å². The molecule has 1 heterocycles. The van der Waals surface area contributed by atoms with E-state index in [-0.39, 0.29) is 22.5 Å². The molecule has 0 bridgehead atoms. The average Bonchev–Trinajstić information content (AvgIpc) is 2.64. The number of hydrogen-bond donors (Lipinski definition) is 1. The van der Waals surface area contributed by atoms with Crippen LogP contribution in [0.15, 0.2) is 51.8 Å². The third-order valence-corrected chi connectivity index (χ3v) is 7.00. The predicted molar refractivity (Wildman–Crippen MR) is 111 cm³/mol. The third kappa shape index (κ3) is 5.31. The molecule has 1 atom stereocenters. The molecule has 8 heteroatoms. The Kier molecular flexibility index (Phi) is 6.94. The number of nitrogens with one attached hydrogen (secondary N) is 1. The summed E-state index contributed by atoms with van der Waals surface area (Å²) in [5.74, 6) is 0. The molecule has 1 fully saturated rings. The SMILES string of the molecule is Cc1ccc(C(CNS(=O)(=O)c2ccc(Br)cc2Cl)N2CCOCC2)cc1. The van der Waals surface area contributed by atoms with Gasteiger partial charge >= 0.3 is 0 Å². The summed E-state index contributed by atoms with van der Waals surface area (Å²) in [6.07, 6.45) is 0. The van der Waals surface area contributed by atoms with Gasteiger partial charge in [-0.3, -0.25) is 4.90 Å². The van der Waals surface area contributed by atoms with Gasteiger partial charge in [0.25, 0.3) is 0 Å². The first-order valence-electron chi connectivity index (χ1n) is 8.70. The number of benzene rings is 2. The van der Waals surface area contributed by atoms with E-state index in [1.165, 1.54) is 11.6 Å². The Morgan fingerprint density at radius 3 is 2.48 bits per heavy atom. The van der Waals surface area contributed by atoms with Crippen molar-refractivity contribution >= 4 is 37.6 Å². The van der Waals surface area contributed by atoms with E-state index in [0.29, 0.717) is 13.2 Å². The van der Waals surface area contributed by atoms with Crippen molar-refractivity contribution in [2.24, 2.45) is 0 Å². The minimum atomic E-state index is -3.72. The fourth-order valence-electron chi connectivity index (χ4n) is 3.10. The Hall–Kier alpha value is -0.960. The maximum Gasteiger partial charge on any atom is 0.242 e. The number of aryl methyl sites for hydroxylation is 1. The van der Waals surface area contributed by atoms with Gasteiger partial charge in [0.05, 0.1) is 18.2 Å². The second kappa shape index (κ2) is 9.03. The van der Waals surface area contributed by atoms with E-state index in [9.17, 15) is 8.42 Å². The van der Waals surface area contributed by atoms with Gasteiger partial charge in [0.2, 0.25) is 10.0 Å². The number of sulfonamides is 1. The van der Waals surface area contributed by atoms with Crippen LogP contribution < -0.4 is 4.72 Å². The van der Waals surface area contributed by atoms with Gasteiger partial charge in [-0.15, -0.1) is 0 Å². The zero-order valence-corrected chi connectivity index (χ0v) is 18.1. The Balaban J connectivity index is 1.82. The number of halogens is 2. The Labute approximate surface area is 173 Å². The minimum Gasteiger partial charge on any atom is -0.379 e. The Morgan fingerprint density at radius 2 is 1.85 bits per heavy atom. The molecule has 3 rings (SSSR count). The fourth-order valence-corrected chi connectivity index (χ4v) is 5.17. The smallest absolute Gasteiger partial charge is 0.242 e. The maximum atomic E-state index is 12.8. The van der Waals surface area contributed by atoms with E-state index >= 15 is 0 Å². The topological polar surface area (TPSA) is 58.6 Å². The van der Waals surface area contributed by atoms with Gasteiger partial charge in [0.1, 0.15) is 4.90 Å². The van der Waals surface area contributed by atoms with Gasteiger partial charge in [-0.25, -0.2) is 13.1 Å². The van der Waals surface area contributed by atoms with Crippen molar-refractivity contribution in [3.8, 4) is 0 Å². The molecule has 5 nitrogen and oxygen atoms in total. The summed E-state index contributed by atoms with van der Waals surface area (Å²) in [5.41, 5.74) is 2.24. The zero-order valence-electron chi connectivity index (χ0n) is 15.0. The lowest BCUT2D eigenvalue weighted by Crippen LogP contribution is -2.43. The summed E-state index contributed by atoms with van der Waals surface area (Å²) >= 11 is 9.43. The van der Waals surface area contributed by atoms with E-state index < -0.39 is 10.0 Å². The molecular weight excluding hydrogens is 452 g/mol. The first-order valence-corrected chi connectivity index (χ1v) is 11.4. The molecular formula is C19H22BrClN2O3S. The van der Waals surface area contributed by atoms with E-state index in [0.717, 1.165) is 23.1 Å². The van der Waals surface area contributed by atoms with Crippen LogP contribution in [0.3, 0.4) is 0 Å². The molecule has 2 aromatic rings. The van der Waals surface area contributed by atoms with Crippen molar-refractivity contribution in [2.75, 3.05) is 32.8 Å². The van der Waals surface area contributed by atoms with Crippen LogP contribution in [0.2, 0.25) is 5.02 Å². The predicted octanol–water partition coefficient (Wildman–Crippen LogP) is 3.76. The second-order valence-corrected chi connectivity index (χ2v) is 9.56. The van der Waals surface area contributed by atoms with E-state index in [2.05, 4.69) is 37.7 Å². The molecule has 1 unspecified atom stereocenters. The molecule has 1 aliphatic heterocycles. The fraction of sp³-hybridized carbons (Fsp3) is 0.368. The van der Waals surface area contributed by atoms with Crippen LogP contribution in [-0.2, 0) is 14.8 Å². The molecule has 27 heavy (non-hydrogen) atoms. The first kappa shape index (κ1) is 20.8. The highest BCUT2D eigenvalue weighted by molar-refractivity contribution is 9.10. The highest BCUT2D eigenvalue weighted by Crippen LogP contribution is 2.26. The molecule has 0 aromatic heterocycles. The van der Waals surface area contributed by atoms with Crippen LogP contribution in [-0.4, -0.2) is 46.2 Å². The molecule has 0 aliphatic carbocycles. The van der Waals surface area contributed by atoms with E-state index in [4.69, 9.17) is 16.3 Å². The van der Waals surface area contributed by atoms with Crippen molar-refractivity contribution in [3.63, 3.8) is 0 Å². The van der Waals surface area contributed by atoms with Crippen LogP contribution in [0.1, 0.15) is 17.2 Å². The van der Waals surface area contributed by atoms with Crippen molar-refractivity contribution in [1.29, 1.82) is 0 Å². The molecule has 0 radical (unpaired) electrons. The monoisotopic (exact) mass is 472 g/mol. The van der Waals surface area contributed by atoms with Crippen LogP contribution >= 0.6 is 27.5 Å². The normalized spacial score (nSPS) is 17.0. The molecule has 1 N–H and O–H groups in total. The van der Waals surface area contributed by atoms with Crippen LogP contribution in [0.4, 0.5) is 0 Å². The molecule has 0 spiro atoms. The number of rotatable bonds is 6. The molecule has 0 saturated carbocycles. The highest BCUT2D eigenvalue weighted by Gasteiger charge is 2.26. The Morgan fingerprint density at radius 1 is 1.19 bits per heavy atom. The summed E-state index contributed by atoms with van der Waals surface area (Å²) in [4.78, 5) is 2.33. The largest absolute Gasteiger partial charge is 0.379 e. The highest BCUT2D eigenvalue weighted by atomic mass is 79.9. The summed E-state index contributed by atoms with van der Waals surface area (Å²) in [6.45, 7) is 5.11. The molecule has 1 aliphatic rings. The summed E-state index contributed by atoms with van der Waals surface area (Å²) in [5, 5.41) is 0.190. The Bertz CT molecular complexity index is 884. The minimum absolute atomic E-state index is 0.0708. The lowest BCUT2D eigenvalue weighted by Gasteiger charge is -2.35.